The lowest BCUT2D eigenvalue weighted by molar-refractivity contribution is 0.102. The summed E-state index contributed by atoms with van der Waals surface area (Å²) < 4.78 is 11.2. The molecule has 0 saturated carbocycles. The van der Waals surface area contributed by atoms with Gasteiger partial charge in [0.25, 0.3) is 5.91 Å². The number of rotatable bonds is 4. The lowest BCUT2D eigenvalue weighted by Crippen LogP contribution is -2.17. The van der Waals surface area contributed by atoms with Crippen LogP contribution in [0.25, 0.3) is 0 Å². The number of amides is 1. The van der Waals surface area contributed by atoms with Crippen LogP contribution in [-0.2, 0) is 4.74 Å². The molecule has 1 fully saturated rings. The molecule has 7 heteroatoms. The first-order valence-corrected chi connectivity index (χ1v) is 8.25. The third kappa shape index (κ3) is 3.80. The van der Waals surface area contributed by atoms with Crippen LogP contribution in [0.4, 0.5) is 5.69 Å². The number of anilines is 1. The largest absolute Gasteiger partial charge is 0.488 e. The fourth-order valence-electron chi connectivity index (χ4n) is 2.37. The minimum absolute atomic E-state index is 0.0195. The van der Waals surface area contributed by atoms with Crippen LogP contribution in [0.5, 0.6) is 5.75 Å². The van der Waals surface area contributed by atoms with Gasteiger partial charge in [-0.05, 0) is 24.6 Å². The molecule has 1 aliphatic heterocycles. The van der Waals surface area contributed by atoms with E-state index in [4.69, 9.17) is 32.7 Å². The number of nitrogens with zero attached hydrogens (tertiary/aromatic N) is 1. The zero-order valence-corrected chi connectivity index (χ0v) is 14.5. The Hall–Kier alpha value is -1.82. The Balaban J connectivity index is 1.79. The molecule has 1 N–H and O–H groups in total. The number of hydrogen-bond acceptors (Lipinski definition) is 4. The van der Waals surface area contributed by atoms with E-state index in [1.54, 1.807) is 12.1 Å². The summed E-state index contributed by atoms with van der Waals surface area (Å²) in [5, 5.41) is 3.27. The maximum atomic E-state index is 12.5. The van der Waals surface area contributed by atoms with E-state index in [9.17, 15) is 4.79 Å². The highest BCUT2D eigenvalue weighted by atomic mass is 35.5. The van der Waals surface area contributed by atoms with Crippen LogP contribution in [0, 0.1) is 6.92 Å². The Morgan fingerprint density at radius 1 is 1.33 bits per heavy atom. The molecule has 1 aromatic carbocycles. The van der Waals surface area contributed by atoms with E-state index in [-0.39, 0.29) is 22.1 Å². The average molecular weight is 367 g/mol. The van der Waals surface area contributed by atoms with Gasteiger partial charge in [0.2, 0.25) is 0 Å². The normalized spacial score (nSPS) is 16.9. The summed E-state index contributed by atoms with van der Waals surface area (Å²) in [6.45, 7) is 3.20. The second kappa shape index (κ2) is 7.38. The fraction of sp³-hybridized carbons (Fsp3) is 0.294. The standard InChI is InChI=1S/C17H16Cl2N2O3/c1-10-2-3-11(6-15(10)24-12-4-5-23-9-12)17(22)21-16-13(18)7-20-8-14(16)19/h2-3,6-8,12H,4-5,9H2,1H3,(H,20,21,22). The quantitative estimate of drug-likeness (QED) is 0.883. The molecule has 5 nitrogen and oxygen atoms in total. The van der Waals surface area contributed by atoms with Crippen molar-refractivity contribution in [1.82, 2.24) is 4.98 Å². The van der Waals surface area contributed by atoms with Crippen molar-refractivity contribution in [2.45, 2.75) is 19.4 Å². The molecule has 0 spiro atoms. The molecule has 0 bridgehead atoms. The van der Waals surface area contributed by atoms with E-state index in [1.807, 2.05) is 13.0 Å². The van der Waals surface area contributed by atoms with Crippen LogP contribution >= 0.6 is 23.2 Å². The highest BCUT2D eigenvalue weighted by Gasteiger charge is 2.19. The summed E-state index contributed by atoms with van der Waals surface area (Å²) in [5.74, 6) is 0.350. The highest BCUT2D eigenvalue weighted by molar-refractivity contribution is 6.39. The molecule has 1 saturated heterocycles. The number of nitrogens with one attached hydrogen (secondary N) is 1. The molecule has 1 amide bonds. The van der Waals surface area contributed by atoms with Gasteiger partial charge < -0.3 is 14.8 Å². The molecule has 0 radical (unpaired) electrons. The van der Waals surface area contributed by atoms with Crippen LogP contribution in [0.3, 0.4) is 0 Å². The second-order valence-corrected chi connectivity index (χ2v) is 6.33. The third-order valence-corrected chi connectivity index (χ3v) is 4.30. The van der Waals surface area contributed by atoms with Crippen LogP contribution in [0.2, 0.25) is 10.0 Å². The number of benzene rings is 1. The van der Waals surface area contributed by atoms with Crippen molar-refractivity contribution in [1.29, 1.82) is 0 Å². The summed E-state index contributed by atoms with van der Waals surface area (Å²) in [6.07, 6.45) is 3.71. The molecular formula is C17H16Cl2N2O3. The Morgan fingerprint density at radius 2 is 2.08 bits per heavy atom. The summed E-state index contributed by atoms with van der Waals surface area (Å²) >= 11 is 12.1. The lowest BCUT2D eigenvalue weighted by atomic mass is 10.1. The third-order valence-electron chi connectivity index (χ3n) is 3.72. The maximum absolute atomic E-state index is 12.5. The Labute approximate surface area is 149 Å². The molecule has 1 atom stereocenters. The molecule has 1 unspecified atom stereocenters. The predicted molar refractivity (Wildman–Crippen MR) is 93.2 cm³/mol. The number of halogens is 2. The highest BCUT2D eigenvalue weighted by Crippen LogP contribution is 2.30. The van der Waals surface area contributed by atoms with Gasteiger partial charge in [-0.15, -0.1) is 0 Å². The molecule has 1 aliphatic rings. The maximum Gasteiger partial charge on any atom is 0.255 e. The minimum atomic E-state index is -0.322. The fourth-order valence-corrected chi connectivity index (χ4v) is 2.83. The monoisotopic (exact) mass is 366 g/mol. The first-order chi connectivity index (χ1) is 11.5. The van der Waals surface area contributed by atoms with Crippen molar-refractivity contribution in [2.24, 2.45) is 0 Å². The predicted octanol–water partition coefficient (Wildman–Crippen LogP) is 4.12. The van der Waals surface area contributed by atoms with Gasteiger partial charge in [0.1, 0.15) is 11.9 Å². The van der Waals surface area contributed by atoms with E-state index in [0.29, 0.717) is 30.2 Å². The van der Waals surface area contributed by atoms with Gasteiger partial charge in [-0.1, -0.05) is 29.3 Å². The Morgan fingerprint density at radius 3 is 2.75 bits per heavy atom. The van der Waals surface area contributed by atoms with Gasteiger partial charge in [-0.3, -0.25) is 9.78 Å². The van der Waals surface area contributed by atoms with Gasteiger partial charge in [-0.2, -0.15) is 0 Å². The number of ether oxygens (including phenoxy) is 2. The molecule has 2 aromatic rings. The van der Waals surface area contributed by atoms with E-state index >= 15 is 0 Å². The van der Waals surface area contributed by atoms with Crippen LogP contribution in [0.15, 0.2) is 30.6 Å². The first-order valence-electron chi connectivity index (χ1n) is 7.50. The topological polar surface area (TPSA) is 60.5 Å². The number of carbonyl (C=O) groups excluding carboxylic acids is 1. The van der Waals surface area contributed by atoms with Gasteiger partial charge >= 0.3 is 0 Å². The van der Waals surface area contributed by atoms with Crippen molar-refractivity contribution in [3.05, 3.63) is 51.8 Å². The summed E-state index contributed by atoms with van der Waals surface area (Å²) in [5.41, 5.74) is 1.75. The average Bonchev–Trinajstić information content (AvgIpc) is 3.06. The van der Waals surface area contributed by atoms with Gasteiger partial charge in [0.15, 0.2) is 0 Å². The minimum Gasteiger partial charge on any atom is -0.488 e. The molecule has 126 valence electrons. The van der Waals surface area contributed by atoms with Crippen molar-refractivity contribution in [2.75, 3.05) is 18.5 Å². The summed E-state index contributed by atoms with van der Waals surface area (Å²) in [4.78, 5) is 16.4. The number of aryl methyl sites for hydroxylation is 1. The van der Waals surface area contributed by atoms with Crippen molar-refractivity contribution >= 4 is 34.8 Å². The van der Waals surface area contributed by atoms with E-state index < -0.39 is 0 Å². The number of carbonyl (C=O) groups is 1. The molecule has 0 aliphatic carbocycles. The number of hydrogen-bond donors (Lipinski definition) is 1. The second-order valence-electron chi connectivity index (χ2n) is 5.52. The summed E-state index contributed by atoms with van der Waals surface area (Å²) in [7, 11) is 0. The van der Waals surface area contributed by atoms with E-state index in [1.165, 1.54) is 12.4 Å². The Kier molecular flexibility index (Phi) is 5.23. The zero-order chi connectivity index (χ0) is 17.1. The van der Waals surface area contributed by atoms with Gasteiger partial charge in [0.05, 0.1) is 28.9 Å². The summed E-state index contributed by atoms with van der Waals surface area (Å²) in [6, 6.07) is 5.29. The smallest absolute Gasteiger partial charge is 0.255 e. The molecular weight excluding hydrogens is 351 g/mol. The van der Waals surface area contributed by atoms with E-state index in [2.05, 4.69) is 10.3 Å². The SMILES string of the molecule is Cc1ccc(C(=O)Nc2c(Cl)cncc2Cl)cc1OC1CCOC1. The van der Waals surface area contributed by atoms with Gasteiger partial charge in [0, 0.05) is 24.4 Å². The van der Waals surface area contributed by atoms with Crippen molar-refractivity contribution < 1.29 is 14.3 Å². The zero-order valence-electron chi connectivity index (χ0n) is 13.0. The first kappa shape index (κ1) is 17.0. The molecule has 24 heavy (non-hydrogen) atoms. The molecule has 1 aromatic heterocycles. The van der Waals surface area contributed by atoms with Crippen LogP contribution in [-0.4, -0.2) is 30.2 Å². The molecule has 3 rings (SSSR count). The number of pyridine rings is 1. The van der Waals surface area contributed by atoms with Crippen molar-refractivity contribution in [3.63, 3.8) is 0 Å². The lowest BCUT2D eigenvalue weighted by Gasteiger charge is -2.15. The van der Waals surface area contributed by atoms with Gasteiger partial charge in [-0.25, -0.2) is 0 Å². The van der Waals surface area contributed by atoms with E-state index in [0.717, 1.165) is 12.0 Å². The van der Waals surface area contributed by atoms with Crippen LogP contribution in [0.1, 0.15) is 22.3 Å². The Bertz CT molecular complexity index is 741. The molecule has 2 heterocycles. The van der Waals surface area contributed by atoms with Crippen LogP contribution < -0.4 is 10.1 Å². The number of aromatic nitrogens is 1. The van der Waals surface area contributed by atoms with Crippen molar-refractivity contribution in [3.8, 4) is 5.75 Å².